The van der Waals surface area contributed by atoms with Crippen LogP contribution in [0.25, 0.3) is 0 Å². The molecule has 4 heteroatoms. The maximum Gasteiger partial charge on any atom is 0.264 e. The van der Waals surface area contributed by atoms with Crippen molar-refractivity contribution in [3.63, 3.8) is 0 Å². The van der Waals surface area contributed by atoms with Crippen molar-refractivity contribution in [2.75, 3.05) is 0 Å². The molecule has 0 amide bonds. The van der Waals surface area contributed by atoms with Gasteiger partial charge in [0.05, 0.1) is 10.8 Å². The van der Waals surface area contributed by atoms with Crippen LogP contribution in [0.4, 0.5) is 8.78 Å². The molecule has 82 valence electrons. The molecule has 1 nitrogen and oxygen atoms in total. The van der Waals surface area contributed by atoms with Gasteiger partial charge in [0.15, 0.2) is 0 Å². The topological polar surface area (TPSA) is 17.1 Å². The lowest BCUT2D eigenvalue weighted by molar-refractivity contribution is 0.0777. The molecule has 0 N–H and O–H groups in total. The Balaban J connectivity index is 2.78. The number of aryl methyl sites for hydroxylation is 1. The van der Waals surface area contributed by atoms with Crippen LogP contribution in [0, 0.1) is 6.92 Å². The Hall–Kier alpha value is -1.03. The van der Waals surface area contributed by atoms with Crippen LogP contribution in [0.15, 0.2) is 40.6 Å². The van der Waals surface area contributed by atoms with E-state index in [-0.39, 0.29) is 0 Å². The summed E-state index contributed by atoms with van der Waals surface area (Å²) in [5.41, 5.74) is 1.04. The molecule has 0 saturated heterocycles. The summed E-state index contributed by atoms with van der Waals surface area (Å²) in [7, 11) is -1.50. The van der Waals surface area contributed by atoms with E-state index in [0.717, 1.165) is 17.9 Å². The van der Waals surface area contributed by atoms with Crippen molar-refractivity contribution in [1.29, 1.82) is 0 Å². The number of allylic oxidation sites excluding steroid dienone is 1. The fourth-order valence-electron chi connectivity index (χ4n) is 0.932. The summed E-state index contributed by atoms with van der Waals surface area (Å²) >= 11 is 0. The van der Waals surface area contributed by atoms with E-state index in [4.69, 9.17) is 0 Å². The highest BCUT2D eigenvalue weighted by Gasteiger charge is 2.16. The van der Waals surface area contributed by atoms with Gasteiger partial charge in [-0.25, -0.2) is 13.0 Å². The van der Waals surface area contributed by atoms with Crippen LogP contribution in [-0.2, 0) is 10.8 Å². The largest absolute Gasteiger partial charge is 0.264 e. The molecule has 1 rings (SSSR count). The molecule has 0 aromatic heterocycles. The molecule has 15 heavy (non-hydrogen) atoms. The second-order valence-electron chi connectivity index (χ2n) is 3.37. The second kappa shape index (κ2) is 4.66. The van der Waals surface area contributed by atoms with Crippen molar-refractivity contribution in [3.05, 3.63) is 41.3 Å². The van der Waals surface area contributed by atoms with E-state index in [1.54, 1.807) is 24.3 Å². The first kappa shape index (κ1) is 12.0. The molecule has 1 atom stereocenters. The van der Waals surface area contributed by atoms with Gasteiger partial charge in [-0.1, -0.05) is 17.7 Å². The zero-order valence-electron chi connectivity index (χ0n) is 8.54. The molecule has 0 bridgehead atoms. The van der Waals surface area contributed by atoms with Gasteiger partial charge in [-0.2, -0.15) is 0 Å². The van der Waals surface area contributed by atoms with Gasteiger partial charge in [0, 0.05) is 17.2 Å². The Morgan fingerprint density at radius 2 is 1.80 bits per heavy atom. The Morgan fingerprint density at radius 3 is 2.27 bits per heavy atom. The van der Waals surface area contributed by atoms with Gasteiger partial charge in [0.1, 0.15) is 0 Å². The van der Waals surface area contributed by atoms with Crippen molar-refractivity contribution in [2.24, 2.45) is 0 Å². The Labute approximate surface area is 90.3 Å². The first-order chi connectivity index (χ1) is 6.88. The second-order valence-corrected chi connectivity index (χ2v) is 4.71. The van der Waals surface area contributed by atoms with Gasteiger partial charge in [0.25, 0.3) is 5.92 Å². The zero-order valence-corrected chi connectivity index (χ0v) is 9.35. The lowest BCUT2D eigenvalue weighted by atomic mass is 10.2. The zero-order chi connectivity index (χ0) is 11.5. The van der Waals surface area contributed by atoms with E-state index in [2.05, 4.69) is 0 Å². The molecule has 0 radical (unpaired) electrons. The van der Waals surface area contributed by atoms with E-state index in [0.29, 0.717) is 11.0 Å². The van der Waals surface area contributed by atoms with Crippen LogP contribution in [0.3, 0.4) is 0 Å². The molecule has 0 heterocycles. The number of hydrogen-bond donors (Lipinski definition) is 0. The maximum absolute atomic E-state index is 12.4. The van der Waals surface area contributed by atoms with Crippen molar-refractivity contribution in [1.82, 2.24) is 0 Å². The fraction of sp³-hybridized carbons (Fsp3) is 0.273. The highest BCUT2D eigenvalue weighted by Crippen LogP contribution is 2.15. The van der Waals surface area contributed by atoms with Crippen molar-refractivity contribution >= 4 is 10.8 Å². The van der Waals surface area contributed by atoms with Gasteiger partial charge in [-0.05, 0) is 25.1 Å². The van der Waals surface area contributed by atoms with Gasteiger partial charge in [-0.15, -0.1) is 0 Å². The number of rotatable bonds is 3. The van der Waals surface area contributed by atoms with Gasteiger partial charge in [0.2, 0.25) is 0 Å². The Bertz CT molecular complexity index is 377. The number of alkyl halides is 2. The molecular formula is C11H12F2OS. The van der Waals surface area contributed by atoms with Crippen LogP contribution in [-0.4, -0.2) is 10.1 Å². The Kier molecular flexibility index (Phi) is 3.74. The maximum atomic E-state index is 12.4. The third kappa shape index (κ3) is 4.34. The van der Waals surface area contributed by atoms with Gasteiger partial charge < -0.3 is 0 Å². The third-order valence-corrected chi connectivity index (χ3v) is 2.86. The van der Waals surface area contributed by atoms with Crippen molar-refractivity contribution in [3.8, 4) is 0 Å². The highest BCUT2D eigenvalue weighted by atomic mass is 32.2. The van der Waals surface area contributed by atoms with Crippen LogP contribution in [0.2, 0.25) is 0 Å². The SMILES string of the molecule is Cc1ccc(S(=O)/C=C/C(C)(F)F)cc1. The summed E-state index contributed by atoms with van der Waals surface area (Å²) in [4.78, 5) is 0.529. The monoisotopic (exact) mass is 230 g/mol. The molecule has 1 aromatic carbocycles. The fourth-order valence-corrected chi connectivity index (χ4v) is 1.86. The number of halogens is 2. The van der Waals surface area contributed by atoms with E-state index < -0.39 is 16.7 Å². The smallest absolute Gasteiger partial charge is 0.250 e. The minimum atomic E-state index is -2.92. The molecule has 0 saturated carbocycles. The highest BCUT2D eigenvalue weighted by molar-refractivity contribution is 7.88. The van der Waals surface area contributed by atoms with E-state index in [9.17, 15) is 13.0 Å². The first-order valence-corrected chi connectivity index (χ1v) is 5.64. The van der Waals surface area contributed by atoms with Crippen molar-refractivity contribution in [2.45, 2.75) is 24.7 Å². The first-order valence-electron chi connectivity index (χ1n) is 4.43. The number of benzene rings is 1. The molecule has 0 aliphatic carbocycles. The molecule has 1 unspecified atom stereocenters. The molecule has 1 aromatic rings. The molecule has 0 fully saturated rings. The average Bonchev–Trinajstić information content (AvgIpc) is 2.14. The van der Waals surface area contributed by atoms with E-state index in [1.165, 1.54) is 0 Å². The predicted molar refractivity (Wildman–Crippen MR) is 57.3 cm³/mol. The van der Waals surface area contributed by atoms with E-state index >= 15 is 0 Å². The summed E-state index contributed by atoms with van der Waals surface area (Å²) in [5, 5.41) is 1.02. The van der Waals surface area contributed by atoms with E-state index in [1.807, 2.05) is 6.92 Å². The molecule has 0 aliphatic rings. The molecule has 0 spiro atoms. The van der Waals surface area contributed by atoms with Crippen LogP contribution in [0.1, 0.15) is 12.5 Å². The third-order valence-electron chi connectivity index (χ3n) is 1.74. The lowest BCUT2D eigenvalue weighted by Crippen LogP contribution is -2.04. The normalized spacial score (nSPS) is 14.4. The van der Waals surface area contributed by atoms with Crippen molar-refractivity contribution < 1.29 is 13.0 Å². The van der Waals surface area contributed by atoms with Crippen LogP contribution in [0.5, 0.6) is 0 Å². The summed E-state index contributed by atoms with van der Waals surface area (Å²) in [6.45, 7) is 2.67. The average molecular weight is 230 g/mol. The van der Waals surface area contributed by atoms with Crippen LogP contribution >= 0.6 is 0 Å². The van der Waals surface area contributed by atoms with Gasteiger partial charge >= 0.3 is 0 Å². The summed E-state index contributed by atoms with van der Waals surface area (Å²) in [6, 6.07) is 6.93. The predicted octanol–water partition coefficient (Wildman–Crippen LogP) is 3.27. The quantitative estimate of drug-likeness (QED) is 0.778. The summed E-state index contributed by atoms with van der Waals surface area (Å²) in [6.07, 6.45) is 0.656. The van der Waals surface area contributed by atoms with Crippen LogP contribution < -0.4 is 0 Å². The Morgan fingerprint density at radius 1 is 1.27 bits per heavy atom. The lowest BCUT2D eigenvalue weighted by Gasteiger charge is -2.02. The molecule has 0 aliphatic heterocycles. The standard InChI is InChI=1S/C11H12F2OS/c1-9-3-5-10(6-4-9)15(14)8-7-11(2,12)13/h3-8H,1-2H3/b8-7+. The van der Waals surface area contributed by atoms with Gasteiger partial charge in [-0.3, -0.25) is 0 Å². The summed E-state index contributed by atoms with van der Waals surface area (Å²) in [5.74, 6) is -2.92. The molecular weight excluding hydrogens is 218 g/mol. The summed E-state index contributed by atoms with van der Waals surface area (Å²) < 4.78 is 36.4. The minimum Gasteiger partial charge on any atom is -0.250 e. The minimum absolute atomic E-state index is 0.529. The number of hydrogen-bond acceptors (Lipinski definition) is 1.